The highest BCUT2D eigenvalue weighted by atomic mass is 127. The van der Waals surface area contributed by atoms with E-state index in [0.717, 1.165) is 21.0 Å². The van der Waals surface area contributed by atoms with Crippen molar-refractivity contribution in [1.82, 2.24) is 4.57 Å². The molecule has 2 aromatic carbocycles. The molecule has 1 aromatic heterocycles. The Morgan fingerprint density at radius 2 is 1.90 bits per heavy atom. The van der Waals surface area contributed by atoms with Crippen molar-refractivity contribution in [2.75, 3.05) is 0 Å². The van der Waals surface area contributed by atoms with Crippen molar-refractivity contribution >= 4 is 39.5 Å². The molecule has 100 valence electrons. The number of hydrogen-bond acceptors (Lipinski definition) is 1. The van der Waals surface area contributed by atoms with Crippen molar-refractivity contribution < 1.29 is 9.90 Å². The highest BCUT2D eigenvalue weighted by Crippen LogP contribution is 2.25. The molecule has 3 rings (SSSR count). The van der Waals surface area contributed by atoms with Crippen LogP contribution >= 0.6 is 22.6 Å². The summed E-state index contributed by atoms with van der Waals surface area (Å²) in [4.78, 5) is 11.1. The van der Waals surface area contributed by atoms with Gasteiger partial charge in [-0.05, 0) is 40.3 Å². The van der Waals surface area contributed by atoms with Gasteiger partial charge in [0.15, 0.2) is 0 Å². The zero-order valence-electron chi connectivity index (χ0n) is 10.6. The van der Waals surface area contributed by atoms with E-state index in [1.807, 2.05) is 24.3 Å². The summed E-state index contributed by atoms with van der Waals surface area (Å²) in [7, 11) is 0. The molecular weight excluding hydrogens is 365 g/mol. The second-order valence-electron chi connectivity index (χ2n) is 4.63. The van der Waals surface area contributed by atoms with Crippen molar-refractivity contribution in [3.63, 3.8) is 0 Å². The minimum Gasteiger partial charge on any atom is -0.478 e. The summed E-state index contributed by atoms with van der Waals surface area (Å²) in [6, 6.07) is 15.4. The fraction of sp³-hybridized carbons (Fsp3) is 0.0625. The maximum Gasteiger partial charge on any atom is 0.335 e. The Balaban J connectivity index is 2.10. The molecule has 0 radical (unpaired) electrons. The van der Waals surface area contributed by atoms with E-state index in [9.17, 15) is 4.79 Å². The van der Waals surface area contributed by atoms with E-state index in [-0.39, 0.29) is 0 Å². The van der Waals surface area contributed by atoms with Gasteiger partial charge in [-0.15, -0.1) is 0 Å². The molecule has 1 N–H and O–H groups in total. The third-order valence-corrected chi connectivity index (χ3v) is 4.14. The van der Waals surface area contributed by atoms with Crippen LogP contribution in [0.25, 0.3) is 10.9 Å². The summed E-state index contributed by atoms with van der Waals surface area (Å²) in [5.74, 6) is -0.894. The Bertz CT molecular complexity index is 778. The van der Waals surface area contributed by atoms with E-state index in [1.54, 1.807) is 12.1 Å². The van der Waals surface area contributed by atoms with Crippen molar-refractivity contribution in [3.8, 4) is 0 Å². The molecule has 0 fully saturated rings. The molecule has 0 aliphatic rings. The van der Waals surface area contributed by atoms with Gasteiger partial charge in [-0.25, -0.2) is 4.79 Å². The Morgan fingerprint density at radius 1 is 1.15 bits per heavy atom. The second kappa shape index (κ2) is 5.28. The van der Waals surface area contributed by atoms with Crippen LogP contribution < -0.4 is 0 Å². The average molecular weight is 377 g/mol. The molecule has 0 saturated carbocycles. The number of benzene rings is 2. The molecule has 0 saturated heterocycles. The highest BCUT2D eigenvalue weighted by Gasteiger charge is 2.10. The van der Waals surface area contributed by atoms with E-state index in [4.69, 9.17) is 5.11 Å². The Morgan fingerprint density at radius 3 is 2.60 bits per heavy atom. The van der Waals surface area contributed by atoms with Crippen LogP contribution in [-0.4, -0.2) is 15.6 Å². The summed E-state index contributed by atoms with van der Waals surface area (Å²) < 4.78 is 3.23. The number of carbonyl (C=O) groups is 1. The van der Waals surface area contributed by atoms with Gasteiger partial charge in [0.05, 0.1) is 11.1 Å². The van der Waals surface area contributed by atoms with Gasteiger partial charge in [-0.2, -0.15) is 0 Å². The number of carboxylic acids is 1. The van der Waals surface area contributed by atoms with Crippen LogP contribution in [-0.2, 0) is 6.54 Å². The number of carboxylic acid groups (broad SMARTS) is 1. The van der Waals surface area contributed by atoms with E-state index in [2.05, 4.69) is 45.5 Å². The second-order valence-corrected chi connectivity index (χ2v) is 5.79. The number of halogens is 1. The zero-order chi connectivity index (χ0) is 14.1. The summed E-state index contributed by atoms with van der Waals surface area (Å²) in [6.07, 6.45) is 2.06. The van der Waals surface area contributed by atoms with Gasteiger partial charge in [0.1, 0.15) is 0 Å². The van der Waals surface area contributed by atoms with Gasteiger partial charge in [0, 0.05) is 21.7 Å². The van der Waals surface area contributed by atoms with Crippen LogP contribution in [0.15, 0.2) is 54.7 Å². The zero-order valence-corrected chi connectivity index (χ0v) is 12.7. The molecule has 3 nitrogen and oxygen atoms in total. The van der Waals surface area contributed by atoms with Crippen molar-refractivity contribution in [2.24, 2.45) is 0 Å². The number of aromatic carboxylic acids is 1. The molecule has 4 heteroatoms. The SMILES string of the molecule is O=C(O)c1ccc2c(I)cn(Cc3ccccc3)c2c1. The van der Waals surface area contributed by atoms with Crippen LogP contribution in [0.5, 0.6) is 0 Å². The standard InChI is InChI=1S/C16H12INO2/c17-14-10-18(9-11-4-2-1-3-5-11)15-8-12(16(19)20)6-7-13(14)15/h1-8,10H,9H2,(H,19,20). The molecule has 1 heterocycles. The molecule has 3 aromatic rings. The average Bonchev–Trinajstić information content (AvgIpc) is 2.76. The van der Waals surface area contributed by atoms with Gasteiger partial charge in [-0.3, -0.25) is 0 Å². The fourth-order valence-electron chi connectivity index (χ4n) is 2.29. The summed E-state index contributed by atoms with van der Waals surface area (Å²) in [5.41, 5.74) is 2.47. The first-order chi connectivity index (χ1) is 9.65. The molecule has 0 unspecified atom stereocenters. The first-order valence-electron chi connectivity index (χ1n) is 6.21. The largest absolute Gasteiger partial charge is 0.478 e. The molecule has 0 atom stereocenters. The lowest BCUT2D eigenvalue weighted by Gasteiger charge is -2.06. The summed E-state index contributed by atoms with van der Waals surface area (Å²) in [5, 5.41) is 10.2. The van der Waals surface area contributed by atoms with Crippen LogP contribution in [0, 0.1) is 3.57 Å². The first-order valence-corrected chi connectivity index (χ1v) is 7.28. The Hall–Kier alpha value is -1.82. The molecule has 0 bridgehead atoms. The third kappa shape index (κ3) is 2.43. The number of fused-ring (bicyclic) bond motifs is 1. The number of nitrogens with zero attached hydrogens (tertiary/aromatic N) is 1. The predicted octanol–water partition coefficient (Wildman–Crippen LogP) is 3.99. The maximum absolute atomic E-state index is 11.1. The van der Waals surface area contributed by atoms with Crippen LogP contribution in [0.2, 0.25) is 0 Å². The fourth-order valence-corrected chi connectivity index (χ4v) is 3.08. The van der Waals surface area contributed by atoms with Gasteiger partial charge in [-0.1, -0.05) is 36.4 Å². The molecule has 0 aliphatic heterocycles. The smallest absolute Gasteiger partial charge is 0.335 e. The Kier molecular flexibility index (Phi) is 3.48. The first kappa shape index (κ1) is 13.2. The topological polar surface area (TPSA) is 42.2 Å². The van der Waals surface area contributed by atoms with Crippen molar-refractivity contribution in [3.05, 3.63) is 69.4 Å². The van der Waals surface area contributed by atoms with Gasteiger partial charge in [0.2, 0.25) is 0 Å². The summed E-state index contributed by atoms with van der Waals surface area (Å²) >= 11 is 2.28. The van der Waals surface area contributed by atoms with Gasteiger partial charge >= 0.3 is 5.97 Å². The van der Waals surface area contributed by atoms with E-state index in [0.29, 0.717) is 5.56 Å². The van der Waals surface area contributed by atoms with E-state index >= 15 is 0 Å². The van der Waals surface area contributed by atoms with Crippen molar-refractivity contribution in [2.45, 2.75) is 6.54 Å². The molecule has 0 spiro atoms. The van der Waals surface area contributed by atoms with Crippen LogP contribution in [0.4, 0.5) is 0 Å². The number of aromatic nitrogens is 1. The molecular formula is C16H12INO2. The Labute approximate surface area is 130 Å². The molecule has 0 aliphatic carbocycles. The lowest BCUT2D eigenvalue weighted by molar-refractivity contribution is 0.0697. The predicted molar refractivity (Wildman–Crippen MR) is 87.2 cm³/mol. The monoisotopic (exact) mass is 377 g/mol. The van der Waals surface area contributed by atoms with Crippen molar-refractivity contribution in [1.29, 1.82) is 0 Å². The lowest BCUT2D eigenvalue weighted by Crippen LogP contribution is -2.00. The number of hydrogen-bond donors (Lipinski definition) is 1. The lowest BCUT2D eigenvalue weighted by atomic mass is 10.1. The third-order valence-electron chi connectivity index (χ3n) is 3.28. The van der Waals surface area contributed by atoms with Gasteiger partial charge < -0.3 is 9.67 Å². The highest BCUT2D eigenvalue weighted by molar-refractivity contribution is 14.1. The van der Waals surface area contributed by atoms with E-state index < -0.39 is 5.97 Å². The van der Waals surface area contributed by atoms with Crippen LogP contribution in [0.3, 0.4) is 0 Å². The molecule has 20 heavy (non-hydrogen) atoms. The van der Waals surface area contributed by atoms with Crippen LogP contribution in [0.1, 0.15) is 15.9 Å². The maximum atomic E-state index is 11.1. The normalized spacial score (nSPS) is 10.8. The quantitative estimate of drug-likeness (QED) is 0.702. The molecule has 0 amide bonds. The number of rotatable bonds is 3. The summed E-state index contributed by atoms with van der Waals surface area (Å²) in [6.45, 7) is 0.739. The minimum absolute atomic E-state index is 0.321. The van der Waals surface area contributed by atoms with Gasteiger partial charge in [0.25, 0.3) is 0 Å². The minimum atomic E-state index is -0.894. The van der Waals surface area contributed by atoms with E-state index in [1.165, 1.54) is 5.56 Å².